The highest BCUT2D eigenvalue weighted by atomic mass is 19.1. The molecule has 0 N–H and O–H groups in total. The minimum absolute atomic E-state index is 0.108. The van der Waals surface area contributed by atoms with E-state index < -0.39 is 5.60 Å². The van der Waals surface area contributed by atoms with E-state index in [9.17, 15) is 9.18 Å². The lowest BCUT2D eigenvalue weighted by Gasteiger charge is -2.42. The zero-order valence-corrected chi connectivity index (χ0v) is 14.5. The first-order valence-corrected chi connectivity index (χ1v) is 8.22. The third-order valence-electron chi connectivity index (χ3n) is 4.90. The number of nitrogens with zero attached hydrogens (tertiary/aromatic N) is 2. The van der Waals surface area contributed by atoms with Crippen LogP contribution in [0.3, 0.4) is 0 Å². The summed E-state index contributed by atoms with van der Waals surface area (Å²) in [7, 11) is 5.21. The number of hydrogen-bond acceptors (Lipinski definition) is 3. The molecule has 23 heavy (non-hydrogen) atoms. The molecule has 4 nitrogen and oxygen atoms in total. The van der Waals surface area contributed by atoms with Crippen LogP contribution in [0.4, 0.5) is 10.1 Å². The van der Waals surface area contributed by atoms with Crippen molar-refractivity contribution < 1.29 is 13.9 Å². The van der Waals surface area contributed by atoms with Crippen LogP contribution in [0.2, 0.25) is 0 Å². The van der Waals surface area contributed by atoms with E-state index in [0.29, 0.717) is 5.69 Å². The molecule has 0 radical (unpaired) electrons. The number of rotatable bonds is 5. The molecule has 1 aromatic rings. The molecule has 1 aliphatic carbocycles. The van der Waals surface area contributed by atoms with Crippen LogP contribution in [0, 0.1) is 11.7 Å². The van der Waals surface area contributed by atoms with Crippen LogP contribution >= 0.6 is 0 Å². The van der Waals surface area contributed by atoms with Crippen molar-refractivity contribution in [1.29, 1.82) is 0 Å². The van der Waals surface area contributed by atoms with E-state index in [4.69, 9.17) is 4.74 Å². The van der Waals surface area contributed by atoms with E-state index in [-0.39, 0.29) is 17.6 Å². The molecule has 1 fully saturated rings. The number of hydrogen-bond donors (Lipinski definition) is 0. The number of hydrazine groups is 1. The number of benzene rings is 1. The molecule has 128 valence electrons. The van der Waals surface area contributed by atoms with Gasteiger partial charge < -0.3 is 4.74 Å². The lowest BCUT2D eigenvalue weighted by molar-refractivity contribution is -0.149. The molecule has 1 amide bonds. The van der Waals surface area contributed by atoms with Crippen molar-refractivity contribution in [2.24, 2.45) is 5.92 Å². The number of carbonyl (C=O) groups excluding carboxylic acids is 1. The van der Waals surface area contributed by atoms with Gasteiger partial charge in [-0.1, -0.05) is 19.3 Å². The van der Waals surface area contributed by atoms with Gasteiger partial charge in [0.05, 0.1) is 5.69 Å². The molecule has 0 bridgehead atoms. The fraction of sp³-hybridized carbons (Fsp3) is 0.611. The van der Waals surface area contributed by atoms with Crippen molar-refractivity contribution in [2.45, 2.75) is 44.6 Å². The second-order valence-electron chi connectivity index (χ2n) is 6.59. The fourth-order valence-corrected chi connectivity index (χ4v) is 3.40. The first kappa shape index (κ1) is 17.9. The number of amides is 1. The second-order valence-corrected chi connectivity index (χ2v) is 6.59. The molecule has 0 spiro atoms. The van der Waals surface area contributed by atoms with Gasteiger partial charge >= 0.3 is 0 Å². The maximum Gasteiger partial charge on any atom is 0.273 e. The number of carbonyl (C=O) groups is 1. The number of ether oxygens (including phenoxy) is 1. The highest BCUT2D eigenvalue weighted by Gasteiger charge is 2.45. The van der Waals surface area contributed by atoms with Crippen LogP contribution in [-0.2, 0) is 9.53 Å². The van der Waals surface area contributed by atoms with Crippen LogP contribution in [0.5, 0.6) is 0 Å². The lowest BCUT2D eigenvalue weighted by Crippen LogP contribution is -2.57. The molecule has 1 saturated carbocycles. The Balaban J connectivity index is 2.32. The van der Waals surface area contributed by atoms with Gasteiger partial charge in [0.1, 0.15) is 11.4 Å². The summed E-state index contributed by atoms with van der Waals surface area (Å²) in [5.41, 5.74) is -0.237. The summed E-state index contributed by atoms with van der Waals surface area (Å²) in [6.07, 6.45) is 5.49. The van der Waals surface area contributed by atoms with E-state index in [0.717, 1.165) is 25.7 Å². The Labute approximate surface area is 138 Å². The van der Waals surface area contributed by atoms with E-state index >= 15 is 0 Å². The zero-order valence-electron chi connectivity index (χ0n) is 14.5. The highest BCUT2D eigenvalue weighted by Crippen LogP contribution is 2.37. The summed E-state index contributed by atoms with van der Waals surface area (Å²) in [6, 6.07) is 5.96. The molecule has 0 heterocycles. The number of anilines is 1. The summed E-state index contributed by atoms with van der Waals surface area (Å²) in [6.45, 7) is 1.88. The molecule has 1 aromatic carbocycles. The van der Waals surface area contributed by atoms with Gasteiger partial charge in [0.2, 0.25) is 0 Å². The molecule has 1 unspecified atom stereocenters. The van der Waals surface area contributed by atoms with E-state index in [1.807, 2.05) is 6.92 Å². The van der Waals surface area contributed by atoms with E-state index in [2.05, 4.69) is 0 Å². The molecule has 0 saturated heterocycles. The Hall–Kier alpha value is -1.46. The molecule has 1 aliphatic rings. The van der Waals surface area contributed by atoms with Crippen LogP contribution < -0.4 is 5.01 Å². The maximum absolute atomic E-state index is 13.3. The minimum Gasteiger partial charge on any atom is -0.368 e. The smallest absolute Gasteiger partial charge is 0.273 e. The van der Waals surface area contributed by atoms with E-state index in [1.165, 1.54) is 18.6 Å². The average Bonchev–Trinajstić information content (AvgIpc) is 2.56. The first-order chi connectivity index (χ1) is 10.9. The summed E-state index contributed by atoms with van der Waals surface area (Å²) >= 11 is 0. The zero-order chi connectivity index (χ0) is 17.0. The Morgan fingerprint density at radius 2 is 1.74 bits per heavy atom. The third-order valence-corrected chi connectivity index (χ3v) is 4.90. The minimum atomic E-state index is -0.876. The predicted octanol–water partition coefficient (Wildman–Crippen LogP) is 3.62. The molecule has 1 atom stereocenters. The predicted molar refractivity (Wildman–Crippen MR) is 89.6 cm³/mol. The maximum atomic E-state index is 13.3. The number of methoxy groups -OCH3 is 1. The molecule has 0 aromatic heterocycles. The summed E-state index contributed by atoms with van der Waals surface area (Å²) in [5.74, 6) is -0.221. The molecule has 5 heteroatoms. The van der Waals surface area contributed by atoms with Gasteiger partial charge in [-0.15, -0.1) is 0 Å². The SMILES string of the molecule is COC(C)(C(=O)N(c1ccc(F)cc1)N(C)C)C1CCCCC1. The van der Waals surface area contributed by atoms with Crippen molar-refractivity contribution in [1.82, 2.24) is 5.01 Å². The fourth-order valence-electron chi connectivity index (χ4n) is 3.40. The third kappa shape index (κ3) is 3.72. The number of halogens is 1. The van der Waals surface area contributed by atoms with Gasteiger partial charge in [-0.05, 0) is 49.9 Å². The van der Waals surface area contributed by atoms with Crippen molar-refractivity contribution in [3.8, 4) is 0 Å². The van der Waals surface area contributed by atoms with Gasteiger partial charge in [-0.25, -0.2) is 14.4 Å². The molecule has 0 aliphatic heterocycles. The Morgan fingerprint density at radius 1 is 1.17 bits per heavy atom. The second kappa shape index (κ2) is 7.41. The van der Waals surface area contributed by atoms with Crippen LogP contribution in [0.25, 0.3) is 0 Å². The van der Waals surface area contributed by atoms with Crippen LogP contribution in [0.15, 0.2) is 24.3 Å². The van der Waals surface area contributed by atoms with Crippen molar-refractivity contribution in [3.05, 3.63) is 30.1 Å². The monoisotopic (exact) mass is 322 g/mol. The lowest BCUT2D eigenvalue weighted by atomic mass is 9.77. The molecule has 2 rings (SSSR count). The van der Waals surface area contributed by atoms with Gasteiger partial charge in [0.15, 0.2) is 0 Å². The Kier molecular flexibility index (Phi) is 5.76. The normalized spacial score (nSPS) is 18.7. The van der Waals surface area contributed by atoms with Crippen molar-refractivity contribution >= 4 is 11.6 Å². The van der Waals surface area contributed by atoms with Crippen molar-refractivity contribution in [2.75, 3.05) is 26.2 Å². The summed E-state index contributed by atoms with van der Waals surface area (Å²) < 4.78 is 18.9. The van der Waals surface area contributed by atoms with E-state index in [1.54, 1.807) is 43.4 Å². The standard InChI is InChI=1S/C18H27FN2O2/c1-18(23-4,14-8-6-5-7-9-14)17(22)21(20(2)3)16-12-10-15(19)11-13-16/h10-14H,5-9H2,1-4H3. The van der Waals surface area contributed by atoms with Crippen molar-refractivity contribution in [3.63, 3.8) is 0 Å². The summed E-state index contributed by atoms with van der Waals surface area (Å²) in [5, 5.41) is 3.28. The van der Waals surface area contributed by atoms with Gasteiger partial charge in [0, 0.05) is 21.2 Å². The van der Waals surface area contributed by atoms with Gasteiger partial charge in [0.25, 0.3) is 5.91 Å². The van der Waals surface area contributed by atoms with Crippen LogP contribution in [0.1, 0.15) is 39.0 Å². The first-order valence-electron chi connectivity index (χ1n) is 8.22. The quantitative estimate of drug-likeness (QED) is 0.776. The van der Waals surface area contributed by atoms with Gasteiger partial charge in [-0.3, -0.25) is 4.79 Å². The highest BCUT2D eigenvalue weighted by molar-refractivity contribution is 5.98. The average molecular weight is 322 g/mol. The molecular weight excluding hydrogens is 295 g/mol. The summed E-state index contributed by atoms with van der Waals surface area (Å²) in [4.78, 5) is 13.3. The van der Waals surface area contributed by atoms with Crippen LogP contribution in [-0.4, -0.2) is 37.7 Å². The Bertz CT molecular complexity index is 526. The topological polar surface area (TPSA) is 32.8 Å². The molecular formula is C18H27FN2O2. The largest absolute Gasteiger partial charge is 0.368 e. The Morgan fingerprint density at radius 3 is 2.22 bits per heavy atom. The van der Waals surface area contributed by atoms with Gasteiger partial charge in [-0.2, -0.15) is 0 Å².